The minimum atomic E-state index is -1.85. The standard InChI is InChI=1S/C25H38OSi/c1-5-13-22(14-6-1)21-26-27(23-15-7-2-8-16-23,24-17-9-3-10-18-24)25-19-11-4-12-20-25/h1-5,7,9,11,22-25H,6,8,10,12-21H2. The fraction of sp³-hybridized carbons (Fsp3) is 0.680. The molecule has 4 rings (SSSR count). The minimum Gasteiger partial charge on any atom is -0.416 e. The monoisotopic (exact) mass is 382 g/mol. The smallest absolute Gasteiger partial charge is 0.202 e. The molecule has 4 unspecified atom stereocenters. The number of hydrogen-bond acceptors (Lipinski definition) is 1. The molecule has 0 N–H and O–H groups in total. The van der Waals surface area contributed by atoms with Gasteiger partial charge in [-0.3, -0.25) is 0 Å². The topological polar surface area (TPSA) is 9.23 Å². The Kier molecular flexibility index (Phi) is 6.89. The Morgan fingerprint density at radius 2 is 1.00 bits per heavy atom. The second-order valence-electron chi connectivity index (χ2n) is 9.26. The van der Waals surface area contributed by atoms with Crippen LogP contribution in [0.2, 0.25) is 16.6 Å². The van der Waals surface area contributed by atoms with E-state index in [2.05, 4.69) is 48.6 Å². The van der Waals surface area contributed by atoms with Crippen LogP contribution in [-0.4, -0.2) is 14.9 Å². The van der Waals surface area contributed by atoms with Crippen molar-refractivity contribution < 1.29 is 4.43 Å². The minimum absolute atomic E-state index is 0.763. The van der Waals surface area contributed by atoms with E-state index >= 15 is 0 Å². The second-order valence-corrected chi connectivity index (χ2v) is 13.7. The highest BCUT2D eigenvalue weighted by Crippen LogP contribution is 2.55. The Morgan fingerprint density at radius 3 is 1.37 bits per heavy atom. The average molecular weight is 383 g/mol. The van der Waals surface area contributed by atoms with Gasteiger partial charge >= 0.3 is 0 Å². The second kappa shape index (κ2) is 9.56. The zero-order valence-electron chi connectivity index (χ0n) is 17.0. The van der Waals surface area contributed by atoms with Crippen molar-refractivity contribution in [3.8, 4) is 0 Å². The molecule has 0 aromatic rings. The van der Waals surface area contributed by atoms with Crippen LogP contribution in [0.25, 0.3) is 0 Å². The van der Waals surface area contributed by atoms with Crippen LogP contribution < -0.4 is 0 Å². The predicted octanol–water partition coefficient (Wildman–Crippen LogP) is 7.64. The number of hydrogen-bond donors (Lipinski definition) is 0. The van der Waals surface area contributed by atoms with Crippen molar-refractivity contribution in [1.82, 2.24) is 0 Å². The maximum absolute atomic E-state index is 7.39. The molecule has 0 heterocycles. The Labute approximate surface area is 167 Å². The van der Waals surface area contributed by atoms with Crippen molar-refractivity contribution in [3.63, 3.8) is 0 Å². The van der Waals surface area contributed by atoms with Crippen LogP contribution in [0.1, 0.15) is 77.0 Å². The molecule has 0 saturated heterocycles. The summed E-state index contributed by atoms with van der Waals surface area (Å²) in [4.78, 5) is 0. The largest absolute Gasteiger partial charge is 0.416 e. The molecule has 4 aliphatic rings. The average Bonchev–Trinajstić information content (AvgIpc) is 2.77. The van der Waals surface area contributed by atoms with Gasteiger partial charge in [-0.25, -0.2) is 0 Å². The first-order valence-electron chi connectivity index (χ1n) is 11.6. The highest BCUT2D eigenvalue weighted by atomic mass is 28.4. The van der Waals surface area contributed by atoms with Gasteiger partial charge in [-0.1, -0.05) is 48.6 Å². The van der Waals surface area contributed by atoms with Gasteiger partial charge in [0, 0.05) is 6.61 Å². The van der Waals surface area contributed by atoms with Crippen LogP contribution in [0.3, 0.4) is 0 Å². The summed E-state index contributed by atoms with van der Waals surface area (Å²) < 4.78 is 7.39. The summed E-state index contributed by atoms with van der Waals surface area (Å²) in [7, 11) is -1.85. The van der Waals surface area contributed by atoms with Crippen LogP contribution >= 0.6 is 0 Å². The SMILES string of the molecule is C1=CCC(CO[Si](C2CC=CCC2)(C2CC=CCC2)C2CC=CCC2)CC1. The van der Waals surface area contributed by atoms with E-state index in [-0.39, 0.29) is 0 Å². The fourth-order valence-corrected chi connectivity index (χ4v) is 12.8. The third kappa shape index (κ3) is 4.43. The third-order valence-electron chi connectivity index (χ3n) is 7.67. The molecule has 2 heteroatoms. The normalized spacial score (nSPS) is 35.9. The lowest BCUT2D eigenvalue weighted by atomic mass is 9.96. The Morgan fingerprint density at radius 1 is 0.556 bits per heavy atom. The molecule has 0 bridgehead atoms. The van der Waals surface area contributed by atoms with Crippen LogP contribution in [0.15, 0.2) is 48.6 Å². The zero-order chi connectivity index (χ0) is 18.4. The first-order chi connectivity index (χ1) is 13.4. The lowest BCUT2D eigenvalue weighted by Crippen LogP contribution is -2.53. The maximum Gasteiger partial charge on any atom is 0.202 e. The van der Waals surface area contributed by atoms with Gasteiger partial charge < -0.3 is 4.43 Å². The summed E-state index contributed by atoms with van der Waals surface area (Å²) in [6, 6.07) is 0. The van der Waals surface area contributed by atoms with Crippen molar-refractivity contribution in [2.75, 3.05) is 6.61 Å². The first-order valence-corrected chi connectivity index (χ1v) is 13.8. The van der Waals surface area contributed by atoms with E-state index in [1.165, 1.54) is 77.0 Å². The molecule has 0 aromatic carbocycles. The van der Waals surface area contributed by atoms with Gasteiger partial charge in [-0.15, -0.1) is 0 Å². The highest BCUT2D eigenvalue weighted by Gasteiger charge is 2.54. The molecule has 0 aromatic heterocycles. The van der Waals surface area contributed by atoms with Crippen molar-refractivity contribution in [2.24, 2.45) is 5.92 Å². The number of allylic oxidation sites excluding steroid dienone is 8. The molecule has 0 fully saturated rings. The molecule has 27 heavy (non-hydrogen) atoms. The van der Waals surface area contributed by atoms with Gasteiger partial charge in [-0.2, -0.15) is 0 Å². The molecular weight excluding hydrogens is 344 g/mol. The van der Waals surface area contributed by atoms with Crippen LogP contribution in [0.5, 0.6) is 0 Å². The first kappa shape index (κ1) is 19.5. The highest BCUT2D eigenvalue weighted by molar-refractivity contribution is 6.78. The summed E-state index contributed by atoms with van der Waals surface area (Å²) in [6.45, 7) is 1.04. The van der Waals surface area contributed by atoms with E-state index in [0.29, 0.717) is 0 Å². The van der Waals surface area contributed by atoms with E-state index in [9.17, 15) is 0 Å². The molecule has 0 radical (unpaired) electrons. The molecule has 0 saturated carbocycles. The molecule has 0 aliphatic heterocycles. The Balaban J connectivity index is 1.62. The van der Waals surface area contributed by atoms with Crippen LogP contribution in [0.4, 0.5) is 0 Å². The van der Waals surface area contributed by atoms with Gasteiger partial charge in [0.05, 0.1) is 0 Å². The summed E-state index contributed by atoms with van der Waals surface area (Å²) in [5, 5.41) is 0. The lowest BCUT2D eigenvalue weighted by molar-refractivity contribution is 0.201. The van der Waals surface area contributed by atoms with Crippen molar-refractivity contribution in [2.45, 2.75) is 93.7 Å². The van der Waals surface area contributed by atoms with Crippen molar-refractivity contribution in [3.05, 3.63) is 48.6 Å². The lowest BCUT2D eigenvalue weighted by Gasteiger charge is -2.51. The van der Waals surface area contributed by atoms with Gasteiger partial charge in [0.1, 0.15) is 0 Å². The quantitative estimate of drug-likeness (QED) is 0.339. The van der Waals surface area contributed by atoms with E-state index in [1.54, 1.807) is 0 Å². The van der Waals surface area contributed by atoms with Gasteiger partial charge in [-0.05, 0) is 99.6 Å². The molecule has 0 amide bonds. The molecule has 0 spiro atoms. The van der Waals surface area contributed by atoms with E-state index < -0.39 is 8.32 Å². The Hall–Kier alpha value is -0.863. The number of rotatable bonds is 6. The molecular formula is C25H38OSi. The van der Waals surface area contributed by atoms with Gasteiger partial charge in [0.15, 0.2) is 0 Å². The molecule has 4 atom stereocenters. The Bertz CT molecular complexity index is 527. The third-order valence-corrected chi connectivity index (χ3v) is 13.7. The summed E-state index contributed by atoms with van der Waals surface area (Å²) >= 11 is 0. The summed E-state index contributed by atoms with van der Waals surface area (Å²) in [5.41, 5.74) is 2.53. The van der Waals surface area contributed by atoms with Crippen molar-refractivity contribution in [1.29, 1.82) is 0 Å². The summed E-state index contributed by atoms with van der Waals surface area (Å²) in [5.74, 6) is 0.763. The van der Waals surface area contributed by atoms with Crippen LogP contribution in [-0.2, 0) is 4.43 Å². The van der Waals surface area contributed by atoms with Crippen LogP contribution in [0, 0.1) is 5.92 Å². The molecule has 4 aliphatic carbocycles. The summed E-state index contributed by atoms with van der Waals surface area (Å²) in [6.07, 6.45) is 35.2. The molecule has 148 valence electrons. The van der Waals surface area contributed by atoms with E-state index in [1.807, 2.05) is 0 Å². The molecule has 1 nitrogen and oxygen atoms in total. The predicted molar refractivity (Wildman–Crippen MR) is 118 cm³/mol. The van der Waals surface area contributed by atoms with E-state index in [4.69, 9.17) is 4.43 Å². The van der Waals surface area contributed by atoms with Gasteiger partial charge in [0.25, 0.3) is 0 Å². The maximum atomic E-state index is 7.39. The fourth-order valence-electron chi connectivity index (χ4n) is 6.23. The van der Waals surface area contributed by atoms with Gasteiger partial charge in [0.2, 0.25) is 8.32 Å². The van der Waals surface area contributed by atoms with E-state index in [0.717, 1.165) is 29.1 Å². The van der Waals surface area contributed by atoms with Crippen molar-refractivity contribution >= 4 is 8.32 Å². The zero-order valence-corrected chi connectivity index (χ0v) is 18.0.